The van der Waals surface area contributed by atoms with Gasteiger partial charge < -0.3 is 10.6 Å². The second-order valence-corrected chi connectivity index (χ2v) is 5.95. The Bertz CT molecular complexity index is 249. The van der Waals surface area contributed by atoms with Crippen LogP contribution in [0.5, 0.6) is 0 Å². The van der Waals surface area contributed by atoms with Crippen LogP contribution in [0.4, 0.5) is 0 Å². The summed E-state index contributed by atoms with van der Waals surface area (Å²) in [6, 6.07) is 0. The zero-order chi connectivity index (χ0) is 11.6. The summed E-state index contributed by atoms with van der Waals surface area (Å²) in [4.78, 5) is 13.7. The quantitative estimate of drug-likeness (QED) is 0.796. The van der Waals surface area contributed by atoms with E-state index in [4.69, 9.17) is 5.73 Å². The molecule has 0 aromatic heterocycles. The number of carbonyl (C=O) groups excluding carboxylic acids is 1. The first-order valence-electron chi connectivity index (χ1n) is 6.63. The zero-order valence-corrected chi connectivity index (χ0v) is 10.4. The third kappa shape index (κ3) is 2.97. The molecule has 3 nitrogen and oxygen atoms in total. The smallest absolute Gasteiger partial charge is 0.222 e. The Labute approximate surface area is 98.4 Å². The molecule has 2 N–H and O–H groups in total. The van der Waals surface area contributed by atoms with E-state index in [-0.39, 0.29) is 5.54 Å². The van der Waals surface area contributed by atoms with Crippen molar-refractivity contribution in [2.45, 2.75) is 57.4 Å². The molecule has 0 radical (unpaired) electrons. The molecule has 0 unspecified atom stereocenters. The summed E-state index contributed by atoms with van der Waals surface area (Å²) >= 11 is 0. The van der Waals surface area contributed by atoms with Gasteiger partial charge in [-0.2, -0.15) is 0 Å². The van der Waals surface area contributed by atoms with Crippen molar-refractivity contribution in [3.63, 3.8) is 0 Å². The molecule has 1 aliphatic carbocycles. The summed E-state index contributed by atoms with van der Waals surface area (Å²) in [5.41, 5.74) is 5.77. The van der Waals surface area contributed by atoms with Crippen LogP contribution in [-0.4, -0.2) is 29.4 Å². The van der Waals surface area contributed by atoms with Crippen LogP contribution in [0.15, 0.2) is 0 Å². The molecule has 0 atom stereocenters. The van der Waals surface area contributed by atoms with E-state index < -0.39 is 0 Å². The summed E-state index contributed by atoms with van der Waals surface area (Å²) < 4.78 is 0. The predicted octanol–water partition coefficient (Wildman–Crippen LogP) is 1.91. The van der Waals surface area contributed by atoms with Crippen molar-refractivity contribution in [1.29, 1.82) is 0 Å². The molecule has 1 saturated carbocycles. The average molecular weight is 224 g/mol. The number of nitrogens with zero attached hydrogens (tertiary/aromatic N) is 1. The predicted molar refractivity (Wildman–Crippen MR) is 65.0 cm³/mol. The molecule has 1 amide bonds. The Balaban J connectivity index is 1.64. The van der Waals surface area contributed by atoms with Gasteiger partial charge >= 0.3 is 0 Å². The Morgan fingerprint density at radius 3 is 2.50 bits per heavy atom. The molecule has 0 spiro atoms. The number of likely N-dealkylation sites (tertiary alicyclic amines) is 1. The first kappa shape index (κ1) is 11.9. The van der Waals surface area contributed by atoms with Crippen molar-refractivity contribution in [2.24, 2.45) is 11.7 Å². The standard InChI is InChI=1S/C13H24N2O/c1-13(14)9-15(10-13)12(16)8-7-11-5-3-2-4-6-11/h11H,2-10,14H2,1H3. The van der Waals surface area contributed by atoms with Crippen LogP contribution in [-0.2, 0) is 4.79 Å². The maximum absolute atomic E-state index is 11.8. The van der Waals surface area contributed by atoms with Crippen molar-refractivity contribution >= 4 is 5.91 Å². The van der Waals surface area contributed by atoms with Crippen LogP contribution in [0.25, 0.3) is 0 Å². The van der Waals surface area contributed by atoms with E-state index in [0.29, 0.717) is 5.91 Å². The van der Waals surface area contributed by atoms with Crippen molar-refractivity contribution in [3.05, 3.63) is 0 Å². The first-order chi connectivity index (χ1) is 7.57. The molecule has 2 fully saturated rings. The van der Waals surface area contributed by atoms with Crippen LogP contribution in [0.2, 0.25) is 0 Å². The molecule has 92 valence electrons. The van der Waals surface area contributed by atoms with Crippen LogP contribution in [0.1, 0.15) is 51.9 Å². The number of rotatable bonds is 3. The van der Waals surface area contributed by atoms with Gasteiger partial charge in [-0.15, -0.1) is 0 Å². The van der Waals surface area contributed by atoms with Gasteiger partial charge in [0.15, 0.2) is 0 Å². The SMILES string of the molecule is CC1(N)CN(C(=O)CCC2CCCCC2)C1. The molecule has 3 heteroatoms. The summed E-state index contributed by atoms with van der Waals surface area (Å²) in [5, 5.41) is 0. The largest absolute Gasteiger partial charge is 0.339 e. The molecule has 0 bridgehead atoms. The molecule has 1 heterocycles. The highest BCUT2D eigenvalue weighted by Crippen LogP contribution is 2.28. The van der Waals surface area contributed by atoms with Crippen LogP contribution >= 0.6 is 0 Å². The van der Waals surface area contributed by atoms with E-state index in [2.05, 4.69) is 0 Å². The summed E-state index contributed by atoms with van der Waals surface area (Å²) in [7, 11) is 0. The zero-order valence-electron chi connectivity index (χ0n) is 10.4. The van der Waals surface area contributed by atoms with Gasteiger partial charge in [0.1, 0.15) is 0 Å². The van der Waals surface area contributed by atoms with E-state index in [1.807, 2.05) is 11.8 Å². The van der Waals surface area contributed by atoms with Crippen molar-refractivity contribution in [1.82, 2.24) is 4.90 Å². The maximum Gasteiger partial charge on any atom is 0.222 e. The van der Waals surface area contributed by atoms with E-state index in [0.717, 1.165) is 31.8 Å². The molecule has 0 aromatic carbocycles. The minimum absolute atomic E-state index is 0.125. The van der Waals surface area contributed by atoms with Gasteiger partial charge in [0.25, 0.3) is 0 Å². The van der Waals surface area contributed by atoms with Crippen molar-refractivity contribution in [3.8, 4) is 0 Å². The number of hydrogen-bond acceptors (Lipinski definition) is 2. The lowest BCUT2D eigenvalue weighted by Gasteiger charge is -2.45. The molecule has 0 aromatic rings. The summed E-state index contributed by atoms with van der Waals surface area (Å²) in [5.74, 6) is 1.12. The van der Waals surface area contributed by atoms with Crippen molar-refractivity contribution < 1.29 is 4.79 Å². The molecule has 2 aliphatic rings. The highest BCUT2D eigenvalue weighted by atomic mass is 16.2. The number of amides is 1. The molecule has 1 saturated heterocycles. The Morgan fingerprint density at radius 1 is 1.31 bits per heavy atom. The molecular formula is C13H24N2O. The highest BCUT2D eigenvalue weighted by molar-refractivity contribution is 5.77. The first-order valence-corrected chi connectivity index (χ1v) is 6.63. The van der Waals surface area contributed by atoms with Gasteiger partial charge in [0.05, 0.1) is 0 Å². The minimum Gasteiger partial charge on any atom is -0.339 e. The van der Waals surface area contributed by atoms with Gasteiger partial charge in [0, 0.05) is 25.0 Å². The van der Waals surface area contributed by atoms with E-state index in [1.165, 1.54) is 32.1 Å². The lowest BCUT2D eigenvalue weighted by atomic mass is 9.85. The lowest BCUT2D eigenvalue weighted by molar-refractivity contribution is -0.138. The average Bonchev–Trinajstić information content (AvgIpc) is 2.24. The fraction of sp³-hybridized carbons (Fsp3) is 0.923. The molecular weight excluding hydrogens is 200 g/mol. The van der Waals surface area contributed by atoms with Gasteiger partial charge in [-0.05, 0) is 19.3 Å². The Morgan fingerprint density at radius 2 is 1.94 bits per heavy atom. The highest BCUT2D eigenvalue weighted by Gasteiger charge is 2.37. The summed E-state index contributed by atoms with van der Waals surface area (Å²) in [6.45, 7) is 3.50. The van der Waals surface area contributed by atoms with Crippen LogP contribution in [0, 0.1) is 5.92 Å². The van der Waals surface area contributed by atoms with Crippen LogP contribution < -0.4 is 5.73 Å². The molecule has 1 aliphatic heterocycles. The third-order valence-corrected chi connectivity index (χ3v) is 3.95. The number of carbonyl (C=O) groups is 1. The topological polar surface area (TPSA) is 46.3 Å². The molecule has 2 rings (SSSR count). The third-order valence-electron chi connectivity index (χ3n) is 3.95. The van der Waals surface area contributed by atoms with Crippen LogP contribution in [0.3, 0.4) is 0 Å². The maximum atomic E-state index is 11.8. The normalized spacial score (nSPS) is 25.2. The Kier molecular flexibility index (Phi) is 3.53. The fourth-order valence-electron chi connectivity index (χ4n) is 2.96. The Hall–Kier alpha value is -0.570. The number of hydrogen-bond donors (Lipinski definition) is 1. The van der Waals surface area contributed by atoms with E-state index in [9.17, 15) is 4.79 Å². The molecule has 16 heavy (non-hydrogen) atoms. The van der Waals surface area contributed by atoms with Gasteiger partial charge in [0.2, 0.25) is 5.91 Å². The van der Waals surface area contributed by atoms with E-state index >= 15 is 0 Å². The van der Waals surface area contributed by atoms with Gasteiger partial charge in [-0.25, -0.2) is 0 Å². The van der Waals surface area contributed by atoms with Gasteiger partial charge in [-0.3, -0.25) is 4.79 Å². The van der Waals surface area contributed by atoms with Gasteiger partial charge in [-0.1, -0.05) is 32.1 Å². The number of nitrogens with two attached hydrogens (primary N) is 1. The van der Waals surface area contributed by atoms with E-state index in [1.54, 1.807) is 0 Å². The lowest BCUT2D eigenvalue weighted by Crippen LogP contribution is -2.66. The monoisotopic (exact) mass is 224 g/mol. The second-order valence-electron chi connectivity index (χ2n) is 5.95. The fourth-order valence-corrected chi connectivity index (χ4v) is 2.96. The summed E-state index contributed by atoms with van der Waals surface area (Å²) in [6.07, 6.45) is 8.62. The second kappa shape index (κ2) is 4.74. The minimum atomic E-state index is -0.125. The van der Waals surface area contributed by atoms with Crippen molar-refractivity contribution in [2.75, 3.05) is 13.1 Å².